The largest absolute Gasteiger partial charge is 0.493 e. The van der Waals surface area contributed by atoms with E-state index in [2.05, 4.69) is 54.4 Å². The van der Waals surface area contributed by atoms with Crippen molar-refractivity contribution < 1.29 is 5.11 Å². The standard InChI is InChI=1S/C21H23N3OS/c1-3-14-5-8-16(9-6-14)22-23-20-18-11-15(4-2)7-10-19(18)24(21(20)25)17-12-26-13-17/h5-11,17,25H,3-4,12-13H2,1-2H3. The van der Waals surface area contributed by atoms with Crippen LogP contribution >= 0.6 is 11.8 Å². The van der Waals surface area contributed by atoms with Gasteiger partial charge < -0.3 is 9.67 Å². The van der Waals surface area contributed by atoms with Crippen LogP contribution in [0.25, 0.3) is 10.9 Å². The Bertz CT molecular complexity index is 956. The summed E-state index contributed by atoms with van der Waals surface area (Å²) in [5.41, 5.74) is 4.93. The predicted octanol–water partition coefficient (Wildman–Crippen LogP) is 6.18. The van der Waals surface area contributed by atoms with E-state index in [1.54, 1.807) is 0 Å². The van der Waals surface area contributed by atoms with Gasteiger partial charge in [0.2, 0.25) is 5.88 Å². The average molecular weight is 366 g/mol. The van der Waals surface area contributed by atoms with Crippen molar-refractivity contribution in [2.24, 2.45) is 10.2 Å². The monoisotopic (exact) mass is 365 g/mol. The number of aryl methyl sites for hydroxylation is 2. The van der Waals surface area contributed by atoms with E-state index in [1.807, 2.05) is 28.5 Å². The summed E-state index contributed by atoms with van der Waals surface area (Å²) < 4.78 is 2.03. The molecule has 0 unspecified atom stereocenters. The second kappa shape index (κ2) is 7.16. The molecule has 1 saturated heterocycles. The van der Waals surface area contributed by atoms with Crippen LogP contribution < -0.4 is 0 Å². The fourth-order valence-electron chi connectivity index (χ4n) is 3.30. The topological polar surface area (TPSA) is 49.9 Å². The maximum Gasteiger partial charge on any atom is 0.221 e. The zero-order valence-electron chi connectivity index (χ0n) is 15.1. The summed E-state index contributed by atoms with van der Waals surface area (Å²) in [4.78, 5) is 0. The maximum absolute atomic E-state index is 10.9. The average Bonchev–Trinajstić information content (AvgIpc) is 2.90. The van der Waals surface area contributed by atoms with E-state index in [0.717, 1.165) is 40.9 Å². The van der Waals surface area contributed by atoms with Crippen molar-refractivity contribution >= 4 is 34.0 Å². The van der Waals surface area contributed by atoms with Gasteiger partial charge in [0.15, 0.2) is 5.69 Å². The summed E-state index contributed by atoms with van der Waals surface area (Å²) in [7, 11) is 0. The molecule has 0 radical (unpaired) electrons. The minimum absolute atomic E-state index is 0.229. The van der Waals surface area contributed by atoms with E-state index in [0.29, 0.717) is 11.7 Å². The molecule has 0 amide bonds. The minimum atomic E-state index is 0.229. The van der Waals surface area contributed by atoms with E-state index in [9.17, 15) is 5.11 Å². The zero-order chi connectivity index (χ0) is 18.1. The number of fused-ring (bicyclic) bond motifs is 1. The van der Waals surface area contributed by atoms with Gasteiger partial charge in [0.25, 0.3) is 0 Å². The van der Waals surface area contributed by atoms with Crippen molar-refractivity contribution in [2.45, 2.75) is 32.7 Å². The van der Waals surface area contributed by atoms with Crippen LogP contribution in [0.1, 0.15) is 31.0 Å². The predicted molar refractivity (Wildman–Crippen MR) is 109 cm³/mol. The molecule has 1 N–H and O–H groups in total. The molecule has 0 aliphatic carbocycles. The molecule has 1 aliphatic heterocycles. The van der Waals surface area contributed by atoms with E-state index in [-0.39, 0.29) is 5.88 Å². The van der Waals surface area contributed by atoms with Crippen LogP contribution in [0.5, 0.6) is 5.88 Å². The first-order chi connectivity index (χ1) is 12.7. The second-order valence-electron chi connectivity index (χ2n) is 6.66. The Labute approximate surface area is 158 Å². The lowest BCUT2D eigenvalue weighted by molar-refractivity contribution is 0.406. The fraction of sp³-hybridized carbons (Fsp3) is 0.333. The summed E-state index contributed by atoms with van der Waals surface area (Å²) in [6.07, 6.45) is 1.96. The van der Waals surface area contributed by atoms with Gasteiger partial charge in [0.05, 0.1) is 17.2 Å². The normalized spacial score (nSPS) is 15.0. The van der Waals surface area contributed by atoms with Gasteiger partial charge in [-0.15, -0.1) is 5.11 Å². The first-order valence-corrected chi connectivity index (χ1v) is 10.3. The lowest BCUT2D eigenvalue weighted by Gasteiger charge is -2.27. The molecular formula is C21H23N3OS. The molecule has 1 aliphatic rings. The summed E-state index contributed by atoms with van der Waals surface area (Å²) >= 11 is 1.90. The van der Waals surface area contributed by atoms with Gasteiger partial charge in [-0.1, -0.05) is 32.0 Å². The Balaban J connectivity index is 1.79. The van der Waals surface area contributed by atoms with Crippen LogP contribution in [0, 0.1) is 0 Å². The van der Waals surface area contributed by atoms with Crippen LogP contribution in [0.3, 0.4) is 0 Å². The van der Waals surface area contributed by atoms with Gasteiger partial charge >= 0.3 is 0 Å². The number of azo groups is 1. The Kier molecular flexibility index (Phi) is 4.72. The lowest BCUT2D eigenvalue weighted by atomic mass is 10.1. The Hall–Kier alpha value is -2.27. The van der Waals surface area contributed by atoms with E-state index in [4.69, 9.17) is 0 Å². The number of hydrogen-bond acceptors (Lipinski definition) is 4. The summed E-state index contributed by atoms with van der Waals surface area (Å²) in [6, 6.07) is 14.8. The van der Waals surface area contributed by atoms with Crippen molar-refractivity contribution in [3.63, 3.8) is 0 Å². The van der Waals surface area contributed by atoms with Crippen molar-refractivity contribution in [2.75, 3.05) is 11.5 Å². The summed E-state index contributed by atoms with van der Waals surface area (Å²) in [6.45, 7) is 4.27. The zero-order valence-corrected chi connectivity index (χ0v) is 16.0. The molecule has 1 aromatic heterocycles. The molecule has 134 valence electrons. The number of rotatable bonds is 5. The van der Waals surface area contributed by atoms with Gasteiger partial charge in [-0.3, -0.25) is 0 Å². The van der Waals surface area contributed by atoms with E-state index >= 15 is 0 Å². The third-order valence-corrected chi connectivity index (χ3v) is 6.26. The van der Waals surface area contributed by atoms with Crippen molar-refractivity contribution in [3.05, 3.63) is 53.6 Å². The van der Waals surface area contributed by atoms with Crippen molar-refractivity contribution in [1.29, 1.82) is 0 Å². The molecule has 5 heteroatoms. The van der Waals surface area contributed by atoms with Crippen molar-refractivity contribution in [3.8, 4) is 5.88 Å². The van der Waals surface area contributed by atoms with Gasteiger partial charge in [-0.25, -0.2) is 0 Å². The first kappa shape index (κ1) is 17.2. The van der Waals surface area contributed by atoms with Crippen molar-refractivity contribution in [1.82, 2.24) is 4.57 Å². The molecule has 2 aromatic carbocycles. The first-order valence-electron chi connectivity index (χ1n) is 9.15. The Morgan fingerprint density at radius 2 is 1.69 bits per heavy atom. The van der Waals surface area contributed by atoms with E-state index in [1.165, 1.54) is 11.1 Å². The van der Waals surface area contributed by atoms with Crippen LogP contribution in [-0.2, 0) is 12.8 Å². The molecular weight excluding hydrogens is 342 g/mol. The third-order valence-electron chi connectivity index (χ3n) is 5.02. The molecule has 26 heavy (non-hydrogen) atoms. The molecule has 2 heterocycles. The molecule has 4 rings (SSSR count). The molecule has 4 nitrogen and oxygen atoms in total. The fourth-order valence-corrected chi connectivity index (χ4v) is 4.04. The van der Waals surface area contributed by atoms with Gasteiger partial charge in [0.1, 0.15) is 0 Å². The number of hydrogen-bond donors (Lipinski definition) is 1. The highest BCUT2D eigenvalue weighted by atomic mass is 32.2. The Morgan fingerprint density at radius 1 is 1.00 bits per heavy atom. The lowest BCUT2D eigenvalue weighted by Crippen LogP contribution is -2.22. The molecule has 3 aromatic rings. The number of thioether (sulfide) groups is 1. The summed E-state index contributed by atoms with van der Waals surface area (Å²) in [5, 5.41) is 20.7. The highest BCUT2D eigenvalue weighted by molar-refractivity contribution is 8.00. The van der Waals surface area contributed by atoms with Gasteiger partial charge in [-0.2, -0.15) is 16.9 Å². The van der Waals surface area contributed by atoms with Crippen LogP contribution in [0.15, 0.2) is 52.7 Å². The molecule has 0 spiro atoms. The highest BCUT2D eigenvalue weighted by Crippen LogP contribution is 2.45. The molecule has 0 bridgehead atoms. The third kappa shape index (κ3) is 3.01. The van der Waals surface area contributed by atoms with Gasteiger partial charge in [-0.05, 0) is 48.2 Å². The minimum Gasteiger partial charge on any atom is -0.493 e. The highest BCUT2D eigenvalue weighted by Gasteiger charge is 2.27. The number of nitrogens with zero attached hydrogens (tertiary/aromatic N) is 3. The molecule has 0 saturated carbocycles. The maximum atomic E-state index is 10.9. The Morgan fingerprint density at radius 3 is 2.31 bits per heavy atom. The molecule has 1 fully saturated rings. The van der Waals surface area contributed by atoms with Crippen LogP contribution in [0.4, 0.5) is 11.4 Å². The SMILES string of the molecule is CCc1ccc(N=Nc2c(O)n(C3CSC3)c3ccc(CC)cc23)cc1. The quantitative estimate of drug-likeness (QED) is 0.549. The molecule has 0 atom stereocenters. The second-order valence-corrected chi connectivity index (χ2v) is 7.73. The number of aromatic hydroxyl groups is 1. The summed E-state index contributed by atoms with van der Waals surface area (Å²) in [5.74, 6) is 2.29. The number of aromatic nitrogens is 1. The van der Waals surface area contributed by atoms with E-state index < -0.39 is 0 Å². The van der Waals surface area contributed by atoms with Crippen LogP contribution in [-0.4, -0.2) is 21.2 Å². The van der Waals surface area contributed by atoms with Gasteiger partial charge in [0, 0.05) is 16.9 Å². The number of benzene rings is 2. The smallest absolute Gasteiger partial charge is 0.221 e. The van der Waals surface area contributed by atoms with Crippen LogP contribution in [0.2, 0.25) is 0 Å².